The molecule has 4 rings (SSSR count). The summed E-state index contributed by atoms with van der Waals surface area (Å²) in [5.41, 5.74) is 4.79. The molecule has 0 aliphatic rings. The second kappa shape index (κ2) is 20.8. The van der Waals surface area contributed by atoms with Crippen molar-refractivity contribution in [3.05, 3.63) is 117 Å². The Bertz CT molecular complexity index is 1590. The smallest absolute Gasteiger partial charge is 0.335 e. The number of anilines is 1. The van der Waals surface area contributed by atoms with Crippen molar-refractivity contribution in [2.24, 2.45) is 0 Å². The van der Waals surface area contributed by atoms with Crippen LogP contribution in [0.1, 0.15) is 59.3 Å². The van der Waals surface area contributed by atoms with Crippen LogP contribution in [0.2, 0.25) is 0 Å². The molecular weight excluding hydrogens is 635 g/mol. The predicted molar refractivity (Wildman–Crippen MR) is 192 cm³/mol. The first-order chi connectivity index (χ1) is 22.4. The Kier molecular flexibility index (Phi) is 17.2. The Hall–Kier alpha value is -4.23. The van der Waals surface area contributed by atoms with E-state index in [1.165, 1.54) is 33.3 Å². The highest BCUT2D eigenvalue weighted by Crippen LogP contribution is 2.20. The molecule has 0 aliphatic carbocycles. The number of carbonyl (C=O) groups excluding carboxylic acids is 2. The summed E-state index contributed by atoms with van der Waals surface area (Å²) in [5, 5.41) is 18.6. The van der Waals surface area contributed by atoms with Gasteiger partial charge in [0.25, 0.3) is 5.91 Å². The number of aromatic carboxylic acids is 1. The third-order valence-electron chi connectivity index (χ3n) is 6.46. The molecule has 0 aliphatic heterocycles. The van der Waals surface area contributed by atoms with Crippen LogP contribution in [0, 0.1) is 13.8 Å². The van der Waals surface area contributed by atoms with E-state index in [0.717, 1.165) is 17.8 Å². The van der Waals surface area contributed by atoms with Gasteiger partial charge >= 0.3 is 5.97 Å². The molecule has 1 amide bonds. The number of nitrogens with zero attached hydrogens (tertiary/aromatic N) is 3. The van der Waals surface area contributed by atoms with Gasteiger partial charge < -0.3 is 20.6 Å². The summed E-state index contributed by atoms with van der Waals surface area (Å²) in [6.45, 7) is 6.56. The van der Waals surface area contributed by atoms with E-state index in [2.05, 4.69) is 59.0 Å². The van der Waals surface area contributed by atoms with Crippen molar-refractivity contribution >= 4 is 46.2 Å². The highest BCUT2D eigenvalue weighted by atomic mass is 32.2. The fraction of sp³-hybridized carbons (Fsp3) is 0.314. The molecular formula is C35H45N5O5S2. The van der Waals surface area contributed by atoms with Crippen LogP contribution in [-0.4, -0.2) is 77.9 Å². The summed E-state index contributed by atoms with van der Waals surface area (Å²) < 4.78 is 13.2. The van der Waals surface area contributed by atoms with E-state index in [0.29, 0.717) is 49.2 Å². The number of carboxylic acid groups (broad SMARTS) is 1. The number of hydrogen-bond acceptors (Lipinski definition) is 8. The van der Waals surface area contributed by atoms with Gasteiger partial charge in [-0.25, -0.2) is 14.0 Å². The lowest BCUT2D eigenvalue weighted by Crippen LogP contribution is -2.27. The Balaban J connectivity index is 0.000000363. The van der Waals surface area contributed by atoms with Crippen molar-refractivity contribution in [2.45, 2.75) is 33.4 Å². The molecule has 252 valence electrons. The van der Waals surface area contributed by atoms with Crippen molar-refractivity contribution < 1.29 is 23.7 Å². The average Bonchev–Trinajstić information content (AvgIpc) is 3.46. The maximum absolute atomic E-state index is 12.1. The molecule has 0 fully saturated rings. The van der Waals surface area contributed by atoms with Gasteiger partial charge in [0.1, 0.15) is 22.3 Å². The van der Waals surface area contributed by atoms with Gasteiger partial charge in [0.05, 0.1) is 11.3 Å². The summed E-state index contributed by atoms with van der Waals surface area (Å²) in [5.74, 6) is -1.29. The Morgan fingerprint density at radius 2 is 1.68 bits per heavy atom. The maximum Gasteiger partial charge on any atom is 0.335 e. The average molecular weight is 680 g/mol. The van der Waals surface area contributed by atoms with E-state index in [4.69, 9.17) is 0 Å². The number of benzene rings is 3. The minimum atomic E-state index is -1.26. The molecule has 1 aromatic heterocycles. The molecule has 0 radical (unpaired) electrons. The molecule has 1 heterocycles. The fourth-order valence-corrected chi connectivity index (χ4v) is 5.30. The Labute approximate surface area is 284 Å². The number of nitrogens with one attached hydrogen (secondary N) is 2. The number of aryl methyl sites for hydroxylation is 2. The van der Waals surface area contributed by atoms with Crippen molar-refractivity contribution in [3.63, 3.8) is 0 Å². The van der Waals surface area contributed by atoms with Gasteiger partial charge in [-0.15, -0.1) is 11.3 Å². The lowest BCUT2D eigenvalue weighted by molar-refractivity contribution is 0.0696. The molecule has 0 spiro atoms. The number of aromatic nitrogens is 1. The molecule has 0 bridgehead atoms. The van der Waals surface area contributed by atoms with Crippen molar-refractivity contribution in [1.29, 1.82) is 0 Å². The summed E-state index contributed by atoms with van der Waals surface area (Å²) in [4.78, 5) is 40.7. The van der Waals surface area contributed by atoms with E-state index in [-0.39, 0.29) is 11.5 Å². The molecule has 10 nitrogen and oxygen atoms in total. The number of rotatable bonds is 13. The molecule has 1 atom stereocenters. The second-order valence-corrected chi connectivity index (χ2v) is 13.3. The maximum atomic E-state index is 12.1. The highest BCUT2D eigenvalue weighted by Gasteiger charge is 2.12. The zero-order valence-electron chi connectivity index (χ0n) is 27.9. The lowest BCUT2D eigenvalue weighted by Gasteiger charge is -2.17. The quantitative estimate of drug-likeness (QED) is 0.127. The second-order valence-electron chi connectivity index (χ2n) is 10.9. The summed E-state index contributed by atoms with van der Waals surface area (Å²) in [6, 6.07) is 21.6. The number of aldehydes is 1. The summed E-state index contributed by atoms with van der Waals surface area (Å²) in [7, 11) is 4.48. The summed E-state index contributed by atoms with van der Waals surface area (Å²) >= 11 is 1.73. The van der Waals surface area contributed by atoms with Crippen LogP contribution in [0.4, 0.5) is 5.69 Å². The lowest BCUT2D eigenvalue weighted by atomic mass is 10.1. The minimum absolute atomic E-state index is 0.131. The highest BCUT2D eigenvalue weighted by molar-refractivity contribution is 7.85. The molecule has 0 saturated heterocycles. The van der Waals surface area contributed by atoms with Gasteiger partial charge in [-0.2, -0.15) is 0 Å². The van der Waals surface area contributed by atoms with E-state index < -0.39 is 17.0 Å². The Morgan fingerprint density at radius 1 is 0.957 bits per heavy atom. The number of thiazole rings is 1. The van der Waals surface area contributed by atoms with Crippen LogP contribution in [0.25, 0.3) is 0 Å². The fourth-order valence-electron chi connectivity index (χ4n) is 4.01. The van der Waals surface area contributed by atoms with Crippen LogP contribution in [0.5, 0.6) is 0 Å². The van der Waals surface area contributed by atoms with Gasteiger partial charge in [-0.05, 0) is 76.8 Å². The van der Waals surface area contributed by atoms with Crippen molar-refractivity contribution in [2.75, 3.05) is 44.8 Å². The molecule has 12 heteroatoms. The molecule has 47 heavy (non-hydrogen) atoms. The molecule has 4 aromatic rings. The zero-order chi connectivity index (χ0) is 34.8. The Morgan fingerprint density at radius 3 is 2.23 bits per heavy atom. The first kappa shape index (κ1) is 39.0. The largest absolute Gasteiger partial charge is 0.478 e. The van der Waals surface area contributed by atoms with Crippen LogP contribution in [-0.2, 0) is 24.1 Å². The van der Waals surface area contributed by atoms with Crippen LogP contribution in [0.3, 0.4) is 0 Å². The molecule has 0 saturated carbocycles. The first-order valence-electron chi connectivity index (χ1n) is 15.0. The van der Waals surface area contributed by atoms with E-state index in [9.17, 15) is 23.7 Å². The van der Waals surface area contributed by atoms with Gasteiger partial charge in [-0.3, -0.25) is 13.9 Å². The van der Waals surface area contributed by atoms with Crippen molar-refractivity contribution in [3.8, 4) is 0 Å². The van der Waals surface area contributed by atoms with Crippen LogP contribution < -0.4 is 14.9 Å². The monoisotopic (exact) mass is 679 g/mol. The number of carboxylic acids is 1. The normalized spacial score (nSPS) is 11.0. The SMILES string of the molecule is CN(c1cc(CNCCCNC(=O)c2cccc(C=O)c2)cc(C(=O)O)c1)S(C)=O.Cc1ccccc1.Cc1csc(CN(C)C)n1. The van der Waals surface area contributed by atoms with Gasteiger partial charge in [0, 0.05) is 55.1 Å². The summed E-state index contributed by atoms with van der Waals surface area (Å²) in [6.07, 6.45) is 2.89. The van der Waals surface area contributed by atoms with E-state index in [1.54, 1.807) is 48.7 Å². The molecule has 3 N–H and O–H groups in total. The molecule has 1 unspecified atom stereocenters. The standard InChI is InChI=1S/C21H25N3O5S.C7H12N2S.C7H8/c1-24(30(2)29)19-11-16(10-18(12-19)21(27)28)13-22-7-4-8-23-20(26)17-6-3-5-15(9-17)14-25;1-6-5-10-7(8-6)4-9(2)3;1-7-5-3-2-4-6-7/h3,5-6,9-12,14,22H,4,7-8,13H2,1-2H3,(H,23,26)(H,27,28);5H,4H2,1-3H3;2-6H,1H3. The predicted octanol–water partition coefficient (Wildman–Crippen LogP) is 5.34. The number of carbonyl (C=O) groups is 3. The third kappa shape index (κ3) is 15.3. The van der Waals surface area contributed by atoms with Crippen molar-refractivity contribution in [1.82, 2.24) is 20.5 Å². The van der Waals surface area contributed by atoms with Crippen LogP contribution >= 0.6 is 11.3 Å². The number of amides is 1. The van der Waals surface area contributed by atoms with Gasteiger partial charge in [0.15, 0.2) is 0 Å². The van der Waals surface area contributed by atoms with E-state index >= 15 is 0 Å². The van der Waals surface area contributed by atoms with Gasteiger partial charge in [-0.1, -0.05) is 48.0 Å². The number of hydrogen-bond donors (Lipinski definition) is 3. The first-order valence-corrected chi connectivity index (χ1v) is 17.3. The topological polar surface area (TPSA) is 132 Å². The van der Waals surface area contributed by atoms with Gasteiger partial charge in [0.2, 0.25) is 0 Å². The zero-order valence-corrected chi connectivity index (χ0v) is 29.5. The van der Waals surface area contributed by atoms with Crippen LogP contribution in [0.15, 0.2) is 78.2 Å². The molecule has 3 aromatic carbocycles. The van der Waals surface area contributed by atoms with E-state index in [1.807, 2.05) is 25.1 Å². The third-order valence-corrected chi connectivity index (χ3v) is 8.40. The minimum Gasteiger partial charge on any atom is -0.478 e.